The Hall–Kier alpha value is -1.90. The van der Waals surface area contributed by atoms with E-state index in [1.165, 1.54) is 10.4 Å². The molecule has 8 heteroatoms. The van der Waals surface area contributed by atoms with Crippen molar-refractivity contribution in [2.24, 2.45) is 0 Å². The fourth-order valence-corrected chi connectivity index (χ4v) is 5.67. The SMILES string of the molecule is CCOc1ccc(CNC(=O)c2ccc(S(=O)(=O)N3CCCC3)s2)cc1. The third-order valence-corrected chi connectivity index (χ3v) is 7.60. The second-order valence-electron chi connectivity index (χ2n) is 5.99. The molecule has 1 saturated heterocycles. The van der Waals surface area contributed by atoms with Crippen molar-refractivity contribution in [3.05, 3.63) is 46.8 Å². The van der Waals surface area contributed by atoms with E-state index in [1.54, 1.807) is 6.07 Å². The molecule has 1 N–H and O–H groups in total. The van der Waals surface area contributed by atoms with E-state index in [-0.39, 0.29) is 10.1 Å². The Balaban J connectivity index is 1.61. The van der Waals surface area contributed by atoms with Crippen LogP contribution in [-0.4, -0.2) is 38.3 Å². The molecule has 2 heterocycles. The Morgan fingerprint density at radius 2 is 1.85 bits per heavy atom. The summed E-state index contributed by atoms with van der Waals surface area (Å²) in [6, 6.07) is 10.6. The summed E-state index contributed by atoms with van der Waals surface area (Å²) in [5, 5.41) is 2.82. The predicted molar refractivity (Wildman–Crippen MR) is 101 cm³/mol. The number of carbonyl (C=O) groups excluding carboxylic acids is 1. The molecule has 6 nitrogen and oxygen atoms in total. The van der Waals surface area contributed by atoms with E-state index in [0.29, 0.717) is 31.1 Å². The summed E-state index contributed by atoms with van der Waals surface area (Å²) in [5.74, 6) is 0.518. The lowest BCUT2D eigenvalue weighted by Crippen LogP contribution is -2.27. The summed E-state index contributed by atoms with van der Waals surface area (Å²) >= 11 is 1.02. The number of hydrogen-bond acceptors (Lipinski definition) is 5. The average Bonchev–Trinajstić information content (AvgIpc) is 3.33. The monoisotopic (exact) mass is 394 g/mol. The van der Waals surface area contributed by atoms with Crippen LogP contribution in [0.15, 0.2) is 40.6 Å². The Labute approximate surface area is 157 Å². The van der Waals surface area contributed by atoms with Crippen LogP contribution in [0.5, 0.6) is 5.75 Å². The van der Waals surface area contributed by atoms with Gasteiger partial charge in [-0.2, -0.15) is 4.31 Å². The van der Waals surface area contributed by atoms with E-state index in [0.717, 1.165) is 35.5 Å². The molecule has 2 aromatic rings. The van der Waals surface area contributed by atoms with Crippen LogP contribution in [0.4, 0.5) is 0 Å². The largest absolute Gasteiger partial charge is 0.494 e. The molecular weight excluding hydrogens is 372 g/mol. The van der Waals surface area contributed by atoms with Crippen molar-refractivity contribution in [2.45, 2.75) is 30.5 Å². The molecule has 1 aliphatic heterocycles. The number of hydrogen-bond donors (Lipinski definition) is 1. The maximum atomic E-state index is 12.5. The predicted octanol–water partition coefficient (Wildman–Crippen LogP) is 2.86. The second kappa shape index (κ2) is 8.20. The molecular formula is C18H22N2O4S2. The Bertz CT molecular complexity index is 854. The van der Waals surface area contributed by atoms with E-state index >= 15 is 0 Å². The molecule has 140 valence electrons. The number of carbonyl (C=O) groups is 1. The fraction of sp³-hybridized carbons (Fsp3) is 0.389. The van der Waals surface area contributed by atoms with Crippen LogP contribution in [0, 0.1) is 0 Å². The zero-order valence-corrected chi connectivity index (χ0v) is 16.2. The summed E-state index contributed by atoms with van der Waals surface area (Å²) in [6.07, 6.45) is 1.78. The maximum Gasteiger partial charge on any atom is 0.261 e. The van der Waals surface area contributed by atoms with Gasteiger partial charge in [0.05, 0.1) is 11.5 Å². The molecule has 1 aromatic heterocycles. The summed E-state index contributed by atoms with van der Waals surface area (Å²) in [7, 11) is -3.47. The van der Waals surface area contributed by atoms with E-state index < -0.39 is 10.0 Å². The van der Waals surface area contributed by atoms with Crippen molar-refractivity contribution in [1.29, 1.82) is 0 Å². The van der Waals surface area contributed by atoms with Crippen LogP contribution >= 0.6 is 11.3 Å². The van der Waals surface area contributed by atoms with Gasteiger partial charge in [0.2, 0.25) is 0 Å². The number of amides is 1. The van der Waals surface area contributed by atoms with Gasteiger partial charge in [0, 0.05) is 19.6 Å². The lowest BCUT2D eigenvalue weighted by Gasteiger charge is -2.13. The van der Waals surface area contributed by atoms with Crippen molar-refractivity contribution in [1.82, 2.24) is 9.62 Å². The molecule has 1 aliphatic rings. The summed E-state index contributed by atoms with van der Waals surface area (Å²) in [5.41, 5.74) is 0.947. The highest BCUT2D eigenvalue weighted by molar-refractivity contribution is 7.91. The standard InChI is InChI=1S/C18H22N2O4S2/c1-2-24-15-7-5-14(6-8-15)13-19-18(21)16-9-10-17(25-16)26(22,23)20-11-3-4-12-20/h5-10H,2-4,11-13H2,1H3,(H,19,21). The first kappa shape index (κ1) is 18.9. The van der Waals surface area contributed by atoms with Gasteiger partial charge >= 0.3 is 0 Å². The van der Waals surface area contributed by atoms with Gasteiger partial charge in [0.15, 0.2) is 0 Å². The molecule has 1 fully saturated rings. The van der Waals surface area contributed by atoms with Gasteiger partial charge in [-0.05, 0) is 49.6 Å². The van der Waals surface area contributed by atoms with Gasteiger partial charge in [-0.15, -0.1) is 11.3 Å². The molecule has 0 radical (unpaired) electrons. The number of rotatable bonds is 7. The van der Waals surface area contributed by atoms with Gasteiger partial charge in [0.1, 0.15) is 9.96 Å². The minimum atomic E-state index is -3.47. The van der Waals surface area contributed by atoms with Crippen molar-refractivity contribution < 1.29 is 17.9 Å². The highest BCUT2D eigenvalue weighted by Crippen LogP contribution is 2.27. The number of benzene rings is 1. The van der Waals surface area contributed by atoms with E-state index in [9.17, 15) is 13.2 Å². The molecule has 0 aliphatic carbocycles. The molecule has 0 saturated carbocycles. The quantitative estimate of drug-likeness (QED) is 0.783. The minimum absolute atomic E-state index is 0.227. The smallest absolute Gasteiger partial charge is 0.261 e. The Morgan fingerprint density at radius 3 is 2.50 bits per heavy atom. The van der Waals surface area contributed by atoms with Gasteiger partial charge in [-0.25, -0.2) is 8.42 Å². The molecule has 0 spiro atoms. The minimum Gasteiger partial charge on any atom is -0.494 e. The van der Waals surface area contributed by atoms with E-state index in [4.69, 9.17) is 4.74 Å². The van der Waals surface area contributed by atoms with Gasteiger partial charge < -0.3 is 10.1 Å². The number of nitrogens with zero attached hydrogens (tertiary/aromatic N) is 1. The first-order valence-corrected chi connectivity index (χ1v) is 10.9. The Kier molecular flexibility index (Phi) is 5.95. The molecule has 0 atom stereocenters. The first-order chi connectivity index (χ1) is 12.5. The number of nitrogens with one attached hydrogen (secondary N) is 1. The first-order valence-electron chi connectivity index (χ1n) is 8.60. The van der Waals surface area contributed by atoms with Crippen molar-refractivity contribution in [2.75, 3.05) is 19.7 Å². The highest BCUT2D eigenvalue weighted by Gasteiger charge is 2.29. The molecule has 26 heavy (non-hydrogen) atoms. The van der Waals surface area contributed by atoms with Crippen LogP contribution in [0.1, 0.15) is 35.0 Å². The van der Waals surface area contributed by atoms with Crippen molar-refractivity contribution in [3.8, 4) is 5.75 Å². The zero-order valence-electron chi connectivity index (χ0n) is 14.6. The summed E-state index contributed by atoms with van der Waals surface area (Å²) in [6.45, 7) is 4.01. The second-order valence-corrected chi connectivity index (χ2v) is 9.24. The zero-order chi connectivity index (χ0) is 18.6. The molecule has 3 rings (SSSR count). The lowest BCUT2D eigenvalue weighted by molar-refractivity contribution is 0.0955. The normalized spacial score (nSPS) is 15.1. The number of ether oxygens (including phenoxy) is 1. The van der Waals surface area contributed by atoms with Crippen molar-refractivity contribution >= 4 is 27.3 Å². The number of sulfonamides is 1. The summed E-state index contributed by atoms with van der Waals surface area (Å²) < 4.78 is 32.2. The average molecular weight is 395 g/mol. The van der Waals surface area contributed by atoms with Crippen molar-refractivity contribution in [3.63, 3.8) is 0 Å². The number of thiophene rings is 1. The molecule has 1 aromatic carbocycles. The third kappa shape index (κ3) is 4.25. The van der Waals surface area contributed by atoms with Gasteiger partial charge in [-0.1, -0.05) is 12.1 Å². The van der Waals surface area contributed by atoms with Crippen LogP contribution in [0.2, 0.25) is 0 Å². The van der Waals surface area contributed by atoms with E-state index in [1.807, 2.05) is 31.2 Å². The molecule has 0 unspecified atom stereocenters. The van der Waals surface area contributed by atoms with Gasteiger partial charge in [-0.3, -0.25) is 4.79 Å². The Morgan fingerprint density at radius 1 is 1.15 bits per heavy atom. The van der Waals surface area contributed by atoms with Gasteiger partial charge in [0.25, 0.3) is 15.9 Å². The van der Waals surface area contributed by atoms with Crippen LogP contribution < -0.4 is 10.1 Å². The van der Waals surface area contributed by atoms with Crippen LogP contribution in [-0.2, 0) is 16.6 Å². The highest BCUT2D eigenvalue weighted by atomic mass is 32.2. The van der Waals surface area contributed by atoms with Crippen LogP contribution in [0.3, 0.4) is 0 Å². The maximum absolute atomic E-state index is 12.5. The van der Waals surface area contributed by atoms with E-state index in [2.05, 4.69) is 5.32 Å². The topological polar surface area (TPSA) is 75.7 Å². The van der Waals surface area contributed by atoms with Crippen LogP contribution in [0.25, 0.3) is 0 Å². The fourth-order valence-electron chi connectivity index (χ4n) is 2.78. The summed E-state index contributed by atoms with van der Waals surface area (Å²) in [4.78, 5) is 12.7. The molecule has 1 amide bonds. The molecule has 0 bridgehead atoms. The third-order valence-electron chi connectivity index (χ3n) is 4.15. The lowest BCUT2D eigenvalue weighted by atomic mass is 10.2.